The number of rotatable bonds is 23. The van der Waals surface area contributed by atoms with Gasteiger partial charge in [-0.1, -0.05) is 67.8 Å². The van der Waals surface area contributed by atoms with E-state index in [0.717, 1.165) is 90.6 Å². The van der Waals surface area contributed by atoms with Crippen LogP contribution in [0.5, 0.6) is 23.0 Å². The van der Waals surface area contributed by atoms with Crippen LogP contribution in [0.25, 0.3) is 32.7 Å². The van der Waals surface area contributed by atoms with Crippen LogP contribution >= 0.6 is 0 Å². The Balaban J connectivity index is 1.11. The molecule has 0 aromatic heterocycles. The van der Waals surface area contributed by atoms with E-state index in [4.69, 9.17) is 28.4 Å². The Kier molecular flexibility index (Phi) is 16.4. The van der Waals surface area contributed by atoms with E-state index in [1.165, 1.54) is 0 Å². The zero-order chi connectivity index (χ0) is 43.5. The van der Waals surface area contributed by atoms with Gasteiger partial charge in [-0.3, -0.25) is 0 Å². The molecule has 0 radical (unpaired) electrons. The quantitative estimate of drug-likeness (QED) is 0.0267. The molecule has 0 aliphatic rings. The molecule has 10 heteroatoms. The predicted octanol–water partition coefficient (Wildman–Crippen LogP) is 11.4. The second-order valence-electron chi connectivity index (χ2n) is 14.4. The molecule has 0 heterocycles. The predicted molar refractivity (Wildman–Crippen MR) is 240 cm³/mol. The van der Waals surface area contributed by atoms with Gasteiger partial charge in [0, 0.05) is 17.7 Å². The molecule has 6 rings (SSSR count). The van der Waals surface area contributed by atoms with Crippen LogP contribution in [-0.2, 0) is 19.1 Å². The number of ether oxygens (including phenoxy) is 6. The molecular weight excluding hydrogens is 785 g/mol. The molecule has 0 saturated carbocycles. The maximum atomic E-state index is 13.7. The highest BCUT2D eigenvalue weighted by Crippen LogP contribution is 2.43. The zero-order valence-corrected chi connectivity index (χ0v) is 34.7. The van der Waals surface area contributed by atoms with Gasteiger partial charge < -0.3 is 28.4 Å². The lowest BCUT2D eigenvalue weighted by atomic mass is 9.92. The summed E-state index contributed by atoms with van der Waals surface area (Å²) >= 11 is 0. The standard InChI is InChI=1S/C52H50O10/c1-3-48(53)59-33-15-7-5-13-31-57-41-26-21-38(22-27-41)51(55)61-43-35-40-18-10-11-19-44(40)46(36-43)50-45-20-12-9-17-37(45)25-30-47(50)62-52(56)39-23-28-42(29-24-39)58-32-14-6-8-16-34-60-49(54)4-2/h3-4,9-12,17-30,35-36H,1-2,5-8,13-16,31-34H2. The Morgan fingerprint density at radius 2 is 0.935 bits per heavy atom. The van der Waals surface area contributed by atoms with Gasteiger partial charge in [-0.25, -0.2) is 19.2 Å². The maximum Gasteiger partial charge on any atom is 0.343 e. The van der Waals surface area contributed by atoms with Crippen LogP contribution < -0.4 is 18.9 Å². The summed E-state index contributed by atoms with van der Waals surface area (Å²) in [6.45, 7) is 8.57. The smallest absolute Gasteiger partial charge is 0.343 e. The lowest BCUT2D eigenvalue weighted by Crippen LogP contribution is -2.10. The third kappa shape index (κ3) is 12.7. The van der Waals surface area contributed by atoms with E-state index < -0.39 is 23.9 Å². The Labute approximate surface area is 361 Å². The molecule has 0 bridgehead atoms. The molecule has 0 saturated heterocycles. The van der Waals surface area contributed by atoms with Gasteiger partial charge in [0.05, 0.1) is 37.6 Å². The van der Waals surface area contributed by atoms with Crippen molar-refractivity contribution in [1.29, 1.82) is 0 Å². The Bertz CT molecular complexity index is 2490. The topological polar surface area (TPSA) is 124 Å². The Hall–Kier alpha value is -7.20. The van der Waals surface area contributed by atoms with Crippen molar-refractivity contribution in [2.75, 3.05) is 26.4 Å². The van der Waals surface area contributed by atoms with Gasteiger partial charge in [0.2, 0.25) is 0 Å². The third-order valence-corrected chi connectivity index (χ3v) is 10.0. The van der Waals surface area contributed by atoms with E-state index in [1.807, 2.05) is 66.7 Å². The first-order chi connectivity index (χ1) is 30.3. The van der Waals surface area contributed by atoms with Crippen molar-refractivity contribution in [3.8, 4) is 34.1 Å². The van der Waals surface area contributed by atoms with Crippen molar-refractivity contribution < 1.29 is 47.6 Å². The lowest BCUT2D eigenvalue weighted by Gasteiger charge is -2.17. The highest BCUT2D eigenvalue weighted by Gasteiger charge is 2.20. The fraction of sp³-hybridized carbons (Fsp3) is 0.231. The summed E-state index contributed by atoms with van der Waals surface area (Å²) in [4.78, 5) is 49.5. The number of carbonyl (C=O) groups excluding carboxylic acids is 4. The summed E-state index contributed by atoms with van der Waals surface area (Å²) in [7, 11) is 0. The normalized spacial score (nSPS) is 10.8. The maximum absolute atomic E-state index is 13.7. The van der Waals surface area contributed by atoms with Crippen LogP contribution in [0.2, 0.25) is 0 Å². The third-order valence-electron chi connectivity index (χ3n) is 10.0. The lowest BCUT2D eigenvalue weighted by molar-refractivity contribution is -0.138. The SMILES string of the molecule is C=CC(=O)OCCCCCCOc1ccc(C(=O)Oc2cc(-c3c(OC(=O)c4ccc(OCCCCCCOC(=O)C=C)cc4)ccc4ccccc34)c3ccccc3c2)cc1. The Morgan fingerprint density at radius 3 is 1.48 bits per heavy atom. The molecule has 0 aliphatic carbocycles. The molecule has 6 aromatic rings. The average Bonchev–Trinajstić information content (AvgIpc) is 3.30. The van der Waals surface area contributed by atoms with Gasteiger partial charge >= 0.3 is 23.9 Å². The molecule has 62 heavy (non-hydrogen) atoms. The molecular formula is C52H50O10. The van der Waals surface area contributed by atoms with Crippen molar-refractivity contribution in [2.45, 2.75) is 51.4 Å². The first-order valence-corrected chi connectivity index (χ1v) is 20.9. The fourth-order valence-electron chi connectivity index (χ4n) is 6.82. The van der Waals surface area contributed by atoms with Crippen molar-refractivity contribution in [3.05, 3.63) is 158 Å². The molecule has 318 valence electrons. The minimum atomic E-state index is -0.534. The second kappa shape index (κ2) is 23.0. The van der Waals surface area contributed by atoms with E-state index in [0.29, 0.717) is 66.1 Å². The summed E-state index contributed by atoms with van der Waals surface area (Å²) in [6, 6.07) is 36.7. The van der Waals surface area contributed by atoms with Gasteiger partial charge in [0.1, 0.15) is 23.0 Å². The van der Waals surface area contributed by atoms with E-state index in [2.05, 4.69) is 13.2 Å². The summed E-state index contributed by atoms with van der Waals surface area (Å²) in [6.07, 6.45) is 9.24. The second-order valence-corrected chi connectivity index (χ2v) is 14.4. The van der Waals surface area contributed by atoms with E-state index in [-0.39, 0.29) is 0 Å². The first-order valence-electron chi connectivity index (χ1n) is 20.9. The molecule has 0 aliphatic heterocycles. The van der Waals surface area contributed by atoms with Crippen molar-refractivity contribution in [2.24, 2.45) is 0 Å². The minimum absolute atomic E-state index is 0.332. The number of fused-ring (bicyclic) bond motifs is 2. The highest BCUT2D eigenvalue weighted by molar-refractivity contribution is 6.09. The summed E-state index contributed by atoms with van der Waals surface area (Å²) in [5.74, 6) is 0.0796. The van der Waals surface area contributed by atoms with Gasteiger partial charge in [-0.2, -0.15) is 0 Å². The number of benzene rings is 6. The number of unbranched alkanes of at least 4 members (excludes halogenated alkanes) is 6. The van der Waals surface area contributed by atoms with Crippen LogP contribution in [0.3, 0.4) is 0 Å². The van der Waals surface area contributed by atoms with Gasteiger partial charge in [-0.15, -0.1) is 0 Å². The van der Waals surface area contributed by atoms with Gasteiger partial charge in [0.25, 0.3) is 0 Å². The van der Waals surface area contributed by atoms with Crippen molar-refractivity contribution >= 4 is 45.4 Å². The van der Waals surface area contributed by atoms with E-state index >= 15 is 0 Å². The largest absolute Gasteiger partial charge is 0.494 e. The van der Waals surface area contributed by atoms with Crippen LogP contribution in [-0.4, -0.2) is 50.3 Å². The zero-order valence-electron chi connectivity index (χ0n) is 34.7. The average molecular weight is 835 g/mol. The molecule has 0 fully saturated rings. The summed E-state index contributed by atoms with van der Waals surface area (Å²) < 4.78 is 33.9. The number of hydrogen-bond acceptors (Lipinski definition) is 10. The number of esters is 4. The van der Waals surface area contributed by atoms with Crippen LogP contribution in [0, 0.1) is 0 Å². The van der Waals surface area contributed by atoms with Gasteiger partial charge in [0.15, 0.2) is 0 Å². The molecule has 0 N–H and O–H groups in total. The van der Waals surface area contributed by atoms with Crippen LogP contribution in [0.15, 0.2) is 147 Å². The summed E-state index contributed by atoms with van der Waals surface area (Å²) in [5.41, 5.74) is 2.13. The molecule has 0 amide bonds. The minimum Gasteiger partial charge on any atom is -0.494 e. The summed E-state index contributed by atoms with van der Waals surface area (Å²) in [5, 5.41) is 3.53. The number of carbonyl (C=O) groups is 4. The fourth-order valence-corrected chi connectivity index (χ4v) is 6.82. The number of hydrogen-bond donors (Lipinski definition) is 0. The molecule has 10 nitrogen and oxygen atoms in total. The van der Waals surface area contributed by atoms with Crippen LogP contribution in [0.1, 0.15) is 72.1 Å². The first kappa shape index (κ1) is 44.4. The Morgan fingerprint density at radius 1 is 0.452 bits per heavy atom. The van der Waals surface area contributed by atoms with E-state index in [1.54, 1.807) is 54.6 Å². The van der Waals surface area contributed by atoms with Crippen molar-refractivity contribution in [3.63, 3.8) is 0 Å². The molecule has 0 unspecified atom stereocenters. The monoisotopic (exact) mass is 834 g/mol. The molecule has 0 atom stereocenters. The van der Waals surface area contributed by atoms with Gasteiger partial charge in [-0.05, 0) is 145 Å². The highest BCUT2D eigenvalue weighted by atomic mass is 16.5. The molecule has 0 spiro atoms. The molecule has 6 aromatic carbocycles. The van der Waals surface area contributed by atoms with Crippen molar-refractivity contribution in [1.82, 2.24) is 0 Å². The van der Waals surface area contributed by atoms with E-state index in [9.17, 15) is 19.2 Å². The van der Waals surface area contributed by atoms with Crippen LogP contribution in [0.4, 0.5) is 0 Å².